The summed E-state index contributed by atoms with van der Waals surface area (Å²) in [4.78, 5) is 36.2. The van der Waals surface area contributed by atoms with E-state index in [9.17, 15) is 14.4 Å². The van der Waals surface area contributed by atoms with Crippen LogP contribution < -0.4 is 10.6 Å². The molecule has 142 valence electrons. The number of carbonyl (C=O) groups is 3. The van der Waals surface area contributed by atoms with Crippen LogP contribution in [0.3, 0.4) is 0 Å². The molecule has 0 saturated carbocycles. The minimum atomic E-state index is -0.451. The lowest BCUT2D eigenvalue weighted by Crippen LogP contribution is -2.15. The average molecular weight is 378 g/mol. The Morgan fingerprint density at radius 2 is 1.61 bits per heavy atom. The van der Waals surface area contributed by atoms with Gasteiger partial charge in [0, 0.05) is 16.9 Å². The largest absolute Gasteiger partial charge is 0.465 e. The summed E-state index contributed by atoms with van der Waals surface area (Å²) in [5.41, 5.74) is 2.60. The molecular formula is C21H18N2O5. The number of aryl methyl sites for hydroxylation is 1. The van der Waals surface area contributed by atoms with Gasteiger partial charge in [0.15, 0.2) is 5.76 Å². The van der Waals surface area contributed by atoms with Gasteiger partial charge < -0.3 is 19.8 Å². The van der Waals surface area contributed by atoms with Crippen molar-refractivity contribution < 1.29 is 23.5 Å². The van der Waals surface area contributed by atoms with Gasteiger partial charge in [0.05, 0.1) is 18.9 Å². The number of benzene rings is 2. The smallest absolute Gasteiger partial charge is 0.337 e. The Morgan fingerprint density at radius 3 is 2.25 bits per heavy atom. The highest BCUT2D eigenvalue weighted by atomic mass is 16.5. The fraction of sp³-hybridized carbons (Fsp3) is 0.0952. The third-order valence-electron chi connectivity index (χ3n) is 4.06. The molecule has 2 N–H and O–H groups in total. The zero-order chi connectivity index (χ0) is 20.1. The summed E-state index contributed by atoms with van der Waals surface area (Å²) in [6.07, 6.45) is 1.41. The molecule has 0 aliphatic carbocycles. The van der Waals surface area contributed by atoms with E-state index in [4.69, 9.17) is 4.42 Å². The first-order chi connectivity index (χ1) is 13.5. The lowest BCUT2D eigenvalue weighted by Gasteiger charge is -2.11. The number of methoxy groups -OCH3 is 1. The number of rotatable bonds is 5. The molecule has 0 radical (unpaired) electrons. The van der Waals surface area contributed by atoms with Crippen molar-refractivity contribution in [2.45, 2.75) is 6.92 Å². The van der Waals surface area contributed by atoms with Crippen molar-refractivity contribution in [3.63, 3.8) is 0 Å². The first kappa shape index (κ1) is 18.9. The summed E-state index contributed by atoms with van der Waals surface area (Å²) in [6, 6.07) is 14.5. The van der Waals surface area contributed by atoms with E-state index in [0.29, 0.717) is 22.5 Å². The summed E-state index contributed by atoms with van der Waals surface area (Å²) >= 11 is 0. The zero-order valence-electron chi connectivity index (χ0n) is 15.3. The third-order valence-corrected chi connectivity index (χ3v) is 4.06. The minimum Gasteiger partial charge on any atom is -0.465 e. The number of carbonyl (C=O) groups excluding carboxylic acids is 3. The standard InChI is InChI=1S/C21H18N2O5/c1-13-5-6-15(12-17(13)23-20(25)18-4-3-11-28-18)19(24)22-16-9-7-14(8-10-16)21(26)27-2/h3-12H,1-2H3,(H,22,24)(H,23,25). The van der Waals surface area contributed by atoms with Gasteiger partial charge in [-0.1, -0.05) is 6.07 Å². The maximum atomic E-state index is 12.5. The van der Waals surface area contributed by atoms with Gasteiger partial charge in [0.25, 0.3) is 11.8 Å². The fourth-order valence-corrected chi connectivity index (χ4v) is 2.50. The lowest BCUT2D eigenvalue weighted by molar-refractivity contribution is 0.0600. The molecule has 7 nitrogen and oxygen atoms in total. The van der Waals surface area contributed by atoms with Crippen molar-refractivity contribution in [1.82, 2.24) is 0 Å². The molecule has 0 saturated heterocycles. The highest BCUT2D eigenvalue weighted by Gasteiger charge is 2.13. The topological polar surface area (TPSA) is 97.6 Å². The Morgan fingerprint density at radius 1 is 0.893 bits per heavy atom. The van der Waals surface area contributed by atoms with E-state index < -0.39 is 11.9 Å². The SMILES string of the molecule is COC(=O)c1ccc(NC(=O)c2ccc(C)c(NC(=O)c3ccco3)c2)cc1. The van der Waals surface area contributed by atoms with Crippen molar-refractivity contribution >= 4 is 29.2 Å². The molecule has 0 atom stereocenters. The van der Waals surface area contributed by atoms with Crippen molar-refractivity contribution in [2.75, 3.05) is 17.7 Å². The first-order valence-corrected chi connectivity index (χ1v) is 8.43. The second-order valence-electron chi connectivity index (χ2n) is 5.98. The van der Waals surface area contributed by atoms with Gasteiger partial charge in [-0.05, 0) is 61.0 Å². The van der Waals surface area contributed by atoms with Gasteiger partial charge in [-0.25, -0.2) is 4.79 Å². The molecule has 1 aromatic heterocycles. The van der Waals surface area contributed by atoms with Crippen LogP contribution in [0.5, 0.6) is 0 Å². The van der Waals surface area contributed by atoms with Crippen molar-refractivity contribution in [2.24, 2.45) is 0 Å². The predicted molar refractivity (Wildman–Crippen MR) is 104 cm³/mol. The van der Waals surface area contributed by atoms with Crippen molar-refractivity contribution in [1.29, 1.82) is 0 Å². The van der Waals surface area contributed by atoms with Crippen LogP contribution in [0.1, 0.15) is 36.8 Å². The van der Waals surface area contributed by atoms with Gasteiger partial charge >= 0.3 is 5.97 Å². The Bertz CT molecular complexity index is 1010. The maximum Gasteiger partial charge on any atom is 0.337 e. The molecule has 28 heavy (non-hydrogen) atoms. The van der Waals surface area contributed by atoms with Crippen LogP contribution in [0.2, 0.25) is 0 Å². The quantitative estimate of drug-likeness (QED) is 0.657. The molecule has 0 aliphatic heterocycles. The van der Waals surface area contributed by atoms with E-state index in [1.807, 2.05) is 6.92 Å². The van der Waals surface area contributed by atoms with Gasteiger partial charge in [0.2, 0.25) is 0 Å². The van der Waals surface area contributed by atoms with Crippen LogP contribution in [-0.4, -0.2) is 24.9 Å². The Balaban J connectivity index is 1.73. The molecule has 2 aromatic carbocycles. The molecule has 1 heterocycles. The summed E-state index contributed by atoms with van der Waals surface area (Å²) in [7, 11) is 1.30. The highest BCUT2D eigenvalue weighted by Crippen LogP contribution is 2.20. The molecule has 0 spiro atoms. The summed E-state index contributed by atoms with van der Waals surface area (Å²) in [5.74, 6) is -1.02. The van der Waals surface area contributed by atoms with E-state index in [2.05, 4.69) is 15.4 Å². The van der Waals surface area contributed by atoms with E-state index in [1.54, 1.807) is 54.6 Å². The third kappa shape index (κ3) is 4.27. The van der Waals surface area contributed by atoms with Crippen molar-refractivity contribution in [3.05, 3.63) is 83.3 Å². The van der Waals surface area contributed by atoms with Gasteiger partial charge in [-0.3, -0.25) is 9.59 Å². The molecule has 7 heteroatoms. The maximum absolute atomic E-state index is 12.5. The molecule has 2 amide bonds. The second-order valence-corrected chi connectivity index (χ2v) is 5.98. The van der Waals surface area contributed by atoms with E-state index in [0.717, 1.165) is 5.56 Å². The highest BCUT2D eigenvalue weighted by molar-refractivity contribution is 6.07. The fourth-order valence-electron chi connectivity index (χ4n) is 2.50. The zero-order valence-corrected chi connectivity index (χ0v) is 15.3. The molecule has 3 rings (SSSR count). The molecule has 0 aliphatic rings. The van der Waals surface area contributed by atoms with Crippen LogP contribution in [0.15, 0.2) is 65.3 Å². The number of amides is 2. The van der Waals surface area contributed by atoms with Gasteiger partial charge in [-0.15, -0.1) is 0 Å². The molecule has 0 unspecified atom stereocenters. The van der Waals surface area contributed by atoms with Crippen molar-refractivity contribution in [3.8, 4) is 0 Å². The summed E-state index contributed by atoms with van der Waals surface area (Å²) < 4.78 is 9.72. The predicted octanol–water partition coefficient (Wildman–Crippen LogP) is 3.88. The molecule has 3 aromatic rings. The van der Waals surface area contributed by atoms with Crippen LogP contribution >= 0.6 is 0 Å². The number of hydrogen-bond acceptors (Lipinski definition) is 5. The normalized spacial score (nSPS) is 10.2. The number of anilines is 2. The molecule has 0 fully saturated rings. The number of esters is 1. The summed E-state index contributed by atoms with van der Waals surface area (Å²) in [5, 5.41) is 5.48. The molecule has 0 bridgehead atoms. The summed E-state index contributed by atoms with van der Waals surface area (Å²) in [6.45, 7) is 1.82. The molecular weight excluding hydrogens is 360 g/mol. The monoisotopic (exact) mass is 378 g/mol. The van der Waals surface area contributed by atoms with Crippen LogP contribution in [-0.2, 0) is 4.74 Å². The average Bonchev–Trinajstić information content (AvgIpc) is 3.24. The number of furan rings is 1. The van der Waals surface area contributed by atoms with E-state index >= 15 is 0 Å². The van der Waals surface area contributed by atoms with Gasteiger partial charge in [-0.2, -0.15) is 0 Å². The Kier molecular flexibility index (Phi) is 5.55. The van der Waals surface area contributed by atoms with Gasteiger partial charge in [0.1, 0.15) is 0 Å². The Labute approximate surface area is 161 Å². The van der Waals surface area contributed by atoms with Crippen LogP contribution in [0.4, 0.5) is 11.4 Å². The number of ether oxygens (including phenoxy) is 1. The first-order valence-electron chi connectivity index (χ1n) is 8.43. The van der Waals surface area contributed by atoms with Crippen LogP contribution in [0.25, 0.3) is 0 Å². The lowest BCUT2D eigenvalue weighted by atomic mass is 10.1. The Hall–Kier alpha value is -3.87. The number of hydrogen-bond donors (Lipinski definition) is 2. The number of nitrogens with one attached hydrogen (secondary N) is 2. The van der Waals surface area contributed by atoms with E-state index in [-0.39, 0.29) is 11.7 Å². The minimum absolute atomic E-state index is 0.181. The van der Waals surface area contributed by atoms with Crippen LogP contribution in [0, 0.1) is 6.92 Å². The van der Waals surface area contributed by atoms with E-state index in [1.165, 1.54) is 13.4 Å². The second kappa shape index (κ2) is 8.22.